The van der Waals surface area contributed by atoms with Crippen molar-refractivity contribution in [1.29, 1.82) is 0 Å². The lowest BCUT2D eigenvalue weighted by Crippen LogP contribution is -2.61. The largest absolute Gasteiger partial charge is 0.337 e. The highest BCUT2D eigenvalue weighted by atomic mass is 35.5. The van der Waals surface area contributed by atoms with Crippen LogP contribution in [-0.4, -0.2) is 60.5 Å². The number of hydrogen-bond acceptors (Lipinski definition) is 3. The van der Waals surface area contributed by atoms with Crippen molar-refractivity contribution < 1.29 is 4.79 Å². The van der Waals surface area contributed by atoms with Gasteiger partial charge in [0.15, 0.2) is 0 Å². The van der Waals surface area contributed by atoms with Crippen LogP contribution in [0, 0.1) is 11.3 Å². The van der Waals surface area contributed by atoms with Crippen molar-refractivity contribution in [3.05, 3.63) is 0 Å². The molecule has 1 saturated carbocycles. The molecule has 2 unspecified atom stereocenters. The summed E-state index contributed by atoms with van der Waals surface area (Å²) in [6.07, 6.45) is 7.51. The second kappa shape index (κ2) is 7.47. The summed E-state index contributed by atoms with van der Waals surface area (Å²) in [5, 5.41) is 3.53. The number of piperazine rings is 1. The third kappa shape index (κ3) is 3.12. The van der Waals surface area contributed by atoms with Crippen molar-refractivity contribution >= 4 is 30.7 Å². The number of carbonyl (C=O) groups is 1. The van der Waals surface area contributed by atoms with Crippen LogP contribution in [0.25, 0.3) is 0 Å². The highest BCUT2D eigenvalue weighted by Crippen LogP contribution is 2.45. The topological polar surface area (TPSA) is 35.6 Å². The summed E-state index contributed by atoms with van der Waals surface area (Å²) in [7, 11) is 0. The van der Waals surface area contributed by atoms with Gasteiger partial charge in [0.2, 0.25) is 5.91 Å². The summed E-state index contributed by atoms with van der Waals surface area (Å²) in [4.78, 5) is 18.3. The van der Waals surface area contributed by atoms with Crippen LogP contribution in [0.3, 0.4) is 0 Å². The highest BCUT2D eigenvalue weighted by molar-refractivity contribution is 5.86. The van der Waals surface area contributed by atoms with Crippen molar-refractivity contribution in [1.82, 2.24) is 15.1 Å². The zero-order valence-corrected chi connectivity index (χ0v) is 15.8. The van der Waals surface area contributed by atoms with Crippen LogP contribution in [-0.2, 0) is 4.79 Å². The normalized spacial score (nSPS) is 39.9. The first kappa shape index (κ1) is 19.3. The molecule has 4 fully saturated rings. The number of hydrogen-bond donors (Lipinski definition) is 1. The van der Waals surface area contributed by atoms with E-state index in [2.05, 4.69) is 22.0 Å². The van der Waals surface area contributed by atoms with Gasteiger partial charge in [-0.3, -0.25) is 9.69 Å². The van der Waals surface area contributed by atoms with Gasteiger partial charge in [-0.15, -0.1) is 24.8 Å². The Morgan fingerprint density at radius 2 is 1.96 bits per heavy atom. The molecular weight excluding hydrogens is 333 g/mol. The number of halogens is 2. The molecule has 3 saturated heterocycles. The predicted octanol–water partition coefficient (Wildman–Crippen LogP) is 2.30. The van der Waals surface area contributed by atoms with Crippen molar-refractivity contribution in [2.45, 2.75) is 57.5 Å². The zero-order chi connectivity index (χ0) is 14.4. The van der Waals surface area contributed by atoms with E-state index < -0.39 is 0 Å². The lowest BCUT2D eigenvalue weighted by molar-refractivity contribution is -0.151. The molecule has 4 atom stereocenters. The Morgan fingerprint density at radius 1 is 1.13 bits per heavy atom. The third-order valence-electron chi connectivity index (χ3n) is 6.66. The molecule has 0 radical (unpaired) electrons. The molecule has 4 rings (SSSR count). The molecule has 3 heterocycles. The molecule has 1 N–H and O–H groups in total. The van der Waals surface area contributed by atoms with E-state index >= 15 is 0 Å². The molecule has 1 aliphatic carbocycles. The lowest BCUT2D eigenvalue weighted by atomic mass is 9.67. The predicted molar refractivity (Wildman–Crippen MR) is 97.5 cm³/mol. The maximum absolute atomic E-state index is 13.4. The number of nitrogens with one attached hydrogen (secondary N) is 1. The molecule has 0 spiro atoms. The van der Waals surface area contributed by atoms with Gasteiger partial charge in [0.25, 0.3) is 0 Å². The fraction of sp³-hybridized carbons (Fsp3) is 0.941. The van der Waals surface area contributed by atoms with Crippen molar-refractivity contribution in [2.24, 2.45) is 11.3 Å². The first-order valence-electron chi connectivity index (χ1n) is 8.96. The Kier molecular flexibility index (Phi) is 6.26. The minimum Gasteiger partial charge on any atom is -0.337 e. The van der Waals surface area contributed by atoms with Crippen LogP contribution in [0.5, 0.6) is 0 Å². The number of fused-ring (bicyclic) bond motifs is 2. The summed E-state index contributed by atoms with van der Waals surface area (Å²) in [5.41, 5.74) is -0.0622. The third-order valence-corrected chi connectivity index (χ3v) is 6.66. The SMILES string of the molecule is CC1CN2CCCC2CN1C(=O)[C@@]12CCCC[C@H]1CNC2.Cl.Cl. The van der Waals surface area contributed by atoms with E-state index in [1.54, 1.807) is 0 Å². The van der Waals surface area contributed by atoms with Gasteiger partial charge in [-0.2, -0.15) is 0 Å². The van der Waals surface area contributed by atoms with E-state index in [1.807, 2.05) is 0 Å². The van der Waals surface area contributed by atoms with Gasteiger partial charge in [0, 0.05) is 31.7 Å². The van der Waals surface area contributed by atoms with E-state index in [0.29, 0.717) is 23.9 Å². The van der Waals surface area contributed by atoms with Crippen LogP contribution in [0.15, 0.2) is 0 Å². The van der Waals surface area contributed by atoms with Crippen molar-refractivity contribution in [3.8, 4) is 0 Å². The quantitative estimate of drug-likeness (QED) is 0.776. The first-order valence-corrected chi connectivity index (χ1v) is 8.96. The molecule has 6 heteroatoms. The molecule has 0 aromatic heterocycles. The molecule has 0 aromatic rings. The fourth-order valence-electron chi connectivity index (χ4n) is 5.42. The van der Waals surface area contributed by atoms with Crippen LogP contribution >= 0.6 is 24.8 Å². The second-order valence-electron chi connectivity index (χ2n) is 7.83. The van der Waals surface area contributed by atoms with Crippen LogP contribution in [0.2, 0.25) is 0 Å². The Hall–Kier alpha value is -0.0300. The van der Waals surface area contributed by atoms with Gasteiger partial charge in [0.05, 0.1) is 5.41 Å². The van der Waals surface area contributed by atoms with Crippen LogP contribution in [0.1, 0.15) is 45.4 Å². The Bertz CT molecular complexity index is 436. The Labute approximate surface area is 152 Å². The minimum absolute atomic E-state index is 0. The summed E-state index contributed by atoms with van der Waals surface area (Å²) in [6, 6.07) is 1.03. The first-order chi connectivity index (χ1) is 10.2. The molecular formula is C17H31Cl2N3O. The van der Waals surface area contributed by atoms with Gasteiger partial charge in [0.1, 0.15) is 0 Å². The van der Waals surface area contributed by atoms with E-state index in [0.717, 1.165) is 32.6 Å². The summed E-state index contributed by atoms with van der Waals surface area (Å²) < 4.78 is 0. The van der Waals surface area contributed by atoms with Gasteiger partial charge in [-0.1, -0.05) is 12.8 Å². The summed E-state index contributed by atoms with van der Waals surface area (Å²) in [5.74, 6) is 1.07. The molecule has 1 amide bonds. The van der Waals surface area contributed by atoms with E-state index in [1.165, 1.54) is 38.6 Å². The number of amides is 1. The van der Waals surface area contributed by atoms with Crippen molar-refractivity contribution in [3.63, 3.8) is 0 Å². The average molecular weight is 364 g/mol. The monoisotopic (exact) mass is 363 g/mol. The molecule has 4 aliphatic rings. The highest BCUT2D eigenvalue weighted by Gasteiger charge is 2.53. The van der Waals surface area contributed by atoms with E-state index in [9.17, 15) is 4.79 Å². The van der Waals surface area contributed by atoms with E-state index in [4.69, 9.17) is 0 Å². The number of rotatable bonds is 1. The smallest absolute Gasteiger partial charge is 0.230 e. The average Bonchev–Trinajstić information content (AvgIpc) is 3.12. The van der Waals surface area contributed by atoms with Gasteiger partial charge < -0.3 is 10.2 Å². The second-order valence-corrected chi connectivity index (χ2v) is 7.83. The Morgan fingerprint density at radius 3 is 2.78 bits per heavy atom. The van der Waals surface area contributed by atoms with Crippen LogP contribution < -0.4 is 5.32 Å². The summed E-state index contributed by atoms with van der Waals surface area (Å²) >= 11 is 0. The molecule has 4 nitrogen and oxygen atoms in total. The number of nitrogens with zero attached hydrogens (tertiary/aromatic N) is 2. The standard InChI is InChI=1S/C17H29N3O.2ClH/c1-13-10-19-8-4-6-15(19)11-20(13)16(21)17-7-3-2-5-14(17)9-18-12-17;;/h13-15,18H,2-12H2,1H3;2*1H/t13?,14-,15?,17+;;/m0../s1. The van der Waals surface area contributed by atoms with Crippen molar-refractivity contribution in [2.75, 3.05) is 32.7 Å². The van der Waals surface area contributed by atoms with Crippen LogP contribution in [0.4, 0.5) is 0 Å². The molecule has 0 aromatic carbocycles. The van der Waals surface area contributed by atoms with Gasteiger partial charge in [-0.05, 0) is 51.6 Å². The Balaban J connectivity index is 0.000000960. The molecule has 134 valence electrons. The molecule has 3 aliphatic heterocycles. The lowest BCUT2D eigenvalue weighted by Gasteiger charge is -2.47. The van der Waals surface area contributed by atoms with Gasteiger partial charge >= 0.3 is 0 Å². The maximum atomic E-state index is 13.4. The fourth-order valence-corrected chi connectivity index (χ4v) is 5.42. The molecule has 23 heavy (non-hydrogen) atoms. The van der Waals surface area contributed by atoms with Gasteiger partial charge in [-0.25, -0.2) is 0 Å². The zero-order valence-electron chi connectivity index (χ0n) is 14.1. The number of carbonyl (C=O) groups excluding carboxylic acids is 1. The summed E-state index contributed by atoms with van der Waals surface area (Å²) in [6.45, 7) is 7.55. The molecule has 0 bridgehead atoms. The maximum Gasteiger partial charge on any atom is 0.230 e. The van der Waals surface area contributed by atoms with E-state index in [-0.39, 0.29) is 30.2 Å². The minimum atomic E-state index is -0.0622.